The van der Waals surface area contributed by atoms with Crippen LogP contribution in [0, 0.1) is 12.8 Å². The average molecular weight is 234 g/mol. The third-order valence-corrected chi connectivity index (χ3v) is 3.37. The van der Waals surface area contributed by atoms with Gasteiger partial charge in [0.1, 0.15) is 0 Å². The Balaban J connectivity index is 1.67. The molecule has 1 aliphatic rings. The largest absolute Gasteiger partial charge is 0.353 e. The van der Waals surface area contributed by atoms with Crippen molar-refractivity contribution in [3.63, 3.8) is 0 Å². The van der Waals surface area contributed by atoms with Crippen LogP contribution in [0.2, 0.25) is 0 Å². The van der Waals surface area contributed by atoms with Crippen LogP contribution in [0.5, 0.6) is 0 Å². The van der Waals surface area contributed by atoms with Gasteiger partial charge in [0, 0.05) is 25.5 Å². The fourth-order valence-electron chi connectivity index (χ4n) is 2.10. The minimum Gasteiger partial charge on any atom is -0.353 e. The Hall–Kier alpha value is -1.16. The molecule has 1 aliphatic heterocycles. The Morgan fingerprint density at radius 3 is 2.59 bits per heavy atom. The van der Waals surface area contributed by atoms with Crippen LogP contribution in [0.25, 0.3) is 0 Å². The SMILES string of the molecule is Cc1cnc(NCCN2CCC(C)CC2)nc1. The maximum atomic E-state index is 4.23. The van der Waals surface area contributed by atoms with Crippen molar-refractivity contribution in [3.05, 3.63) is 18.0 Å². The highest BCUT2D eigenvalue weighted by Crippen LogP contribution is 2.15. The minimum atomic E-state index is 0.737. The summed E-state index contributed by atoms with van der Waals surface area (Å²) in [6, 6.07) is 0. The molecule has 0 radical (unpaired) electrons. The molecule has 1 aromatic rings. The smallest absolute Gasteiger partial charge is 0.222 e. The van der Waals surface area contributed by atoms with E-state index in [2.05, 4.69) is 27.1 Å². The predicted octanol–water partition coefficient (Wildman–Crippen LogP) is 1.93. The summed E-state index contributed by atoms with van der Waals surface area (Å²) in [5, 5.41) is 3.27. The fourth-order valence-corrected chi connectivity index (χ4v) is 2.10. The number of likely N-dealkylation sites (tertiary alicyclic amines) is 1. The van der Waals surface area contributed by atoms with Crippen molar-refractivity contribution in [1.82, 2.24) is 14.9 Å². The molecule has 0 spiro atoms. The Labute approximate surface area is 103 Å². The summed E-state index contributed by atoms with van der Waals surface area (Å²) in [6.07, 6.45) is 6.36. The summed E-state index contributed by atoms with van der Waals surface area (Å²) in [6.45, 7) is 8.82. The summed E-state index contributed by atoms with van der Waals surface area (Å²) < 4.78 is 0. The van der Waals surface area contributed by atoms with Crippen LogP contribution >= 0.6 is 0 Å². The van der Waals surface area contributed by atoms with E-state index in [0.29, 0.717) is 0 Å². The molecule has 17 heavy (non-hydrogen) atoms. The molecule has 0 aromatic carbocycles. The van der Waals surface area contributed by atoms with Crippen LogP contribution in [0.1, 0.15) is 25.3 Å². The van der Waals surface area contributed by atoms with Crippen LogP contribution in [0.4, 0.5) is 5.95 Å². The van der Waals surface area contributed by atoms with Gasteiger partial charge in [-0.15, -0.1) is 0 Å². The molecule has 0 bridgehead atoms. The molecule has 2 heterocycles. The van der Waals surface area contributed by atoms with E-state index in [1.807, 2.05) is 19.3 Å². The second kappa shape index (κ2) is 5.96. The first kappa shape index (κ1) is 12.3. The molecule has 4 heteroatoms. The maximum absolute atomic E-state index is 4.23. The number of nitrogens with one attached hydrogen (secondary N) is 1. The van der Waals surface area contributed by atoms with E-state index in [-0.39, 0.29) is 0 Å². The predicted molar refractivity (Wildman–Crippen MR) is 70.1 cm³/mol. The molecule has 1 N–H and O–H groups in total. The fraction of sp³-hybridized carbons (Fsp3) is 0.692. The molecule has 1 saturated heterocycles. The monoisotopic (exact) mass is 234 g/mol. The number of rotatable bonds is 4. The van der Waals surface area contributed by atoms with Gasteiger partial charge in [-0.1, -0.05) is 6.92 Å². The van der Waals surface area contributed by atoms with Crippen molar-refractivity contribution in [3.8, 4) is 0 Å². The maximum Gasteiger partial charge on any atom is 0.222 e. The van der Waals surface area contributed by atoms with Gasteiger partial charge in [-0.3, -0.25) is 0 Å². The Morgan fingerprint density at radius 2 is 1.94 bits per heavy atom. The Kier molecular flexibility index (Phi) is 4.31. The molecule has 0 aliphatic carbocycles. The summed E-state index contributed by atoms with van der Waals surface area (Å²) in [4.78, 5) is 11.0. The molecular formula is C13H22N4. The van der Waals surface area contributed by atoms with Crippen molar-refractivity contribution in [2.45, 2.75) is 26.7 Å². The topological polar surface area (TPSA) is 41.1 Å². The number of anilines is 1. The summed E-state index contributed by atoms with van der Waals surface area (Å²) in [5.74, 6) is 1.64. The van der Waals surface area contributed by atoms with E-state index in [0.717, 1.165) is 30.5 Å². The molecule has 4 nitrogen and oxygen atoms in total. The lowest BCUT2D eigenvalue weighted by Crippen LogP contribution is -2.36. The van der Waals surface area contributed by atoms with Crippen LogP contribution in [0.15, 0.2) is 12.4 Å². The third-order valence-electron chi connectivity index (χ3n) is 3.37. The van der Waals surface area contributed by atoms with Gasteiger partial charge in [0.15, 0.2) is 0 Å². The van der Waals surface area contributed by atoms with Gasteiger partial charge in [0.2, 0.25) is 5.95 Å². The van der Waals surface area contributed by atoms with Gasteiger partial charge in [-0.25, -0.2) is 9.97 Å². The molecule has 1 aromatic heterocycles. The Morgan fingerprint density at radius 1 is 1.29 bits per heavy atom. The molecule has 0 amide bonds. The normalized spacial score (nSPS) is 18.2. The first-order valence-electron chi connectivity index (χ1n) is 6.49. The molecular weight excluding hydrogens is 212 g/mol. The van der Waals surface area contributed by atoms with Crippen LogP contribution in [0.3, 0.4) is 0 Å². The van der Waals surface area contributed by atoms with Gasteiger partial charge >= 0.3 is 0 Å². The molecule has 94 valence electrons. The van der Waals surface area contributed by atoms with E-state index < -0.39 is 0 Å². The Bertz CT molecular complexity index is 328. The van der Waals surface area contributed by atoms with Gasteiger partial charge in [0.05, 0.1) is 0 Å². The number of aryl methyl sites for hydroxylation is 1. The number of aromatic nitrogens is 2. The zero-order chi connectivity index (χ0) is 12.1. The summed E-state index contributed by atoms with van der Waals surface area (Å²) in [5.41, 5.74) is 1.10. The van der Waals surface area contributed by atoms with Crippen molar-refractivity contribution in [2.24, 2.45) is 5.92 Å². The highest BCUT2D eigenvalue weighted by atomic mass is 15.2. The number of hydrogen-bond acceptors (Lipinski definition) is 4. The zero-order valence-electron chi connectivity index (χ0n) is 10.8. The summed E-state index contributed by atoms with van der Waals surface area (Å²) in [7, 11) is 0. The van der Waals surface area contributed by atoms with Crippen molar-refractivity contribution in [1.29, 1.82) is 0 Å². The first-order valence-corrected chi connectivity index (χ1v) is 6.49. The van der Waals surface area contributed by atoms with Crippen LogP contribution in [-0.4, -0.2) is 41.0 Å². The van der Waals surface area contributed by atoms with Crippen molar-refractivity contribution >= 4 is 5.95 Å². The van der Waals surface area contributed by atoms with Crippen LogP contribution < -0.4 is 5.32 Å². The van der Waals surface area contributed by atoms with E-state index in [1.54, 1.807) is 0 Å². The van der Waals surface area contributed by atoms with Crippen molar-refractivity contribution < 1.29 is 0 Å². The average Bonchev–Trinajstić information content (AvgIpc) is 2.34. The van der Waals surface area contributed by atoms with E-state index in [1.165, 1.54) is 25.9 Å². The summed E-state index contributed by atoms with van der Waals surface area (Å²) >= 11 is 0. The lowest BCUT2D eigenvalue weighted by molar-refractivity contribution is 0.199. The number of piperidine rings is 1. The van der Waals surface area contributed by atoms with Gasteiger partial charge in [-0.05, 0) is 44.3 Å². The molecule has 1 fully saturated rings. The molecule has 0 saturated carbocycles. The standard InChI is InChI=1S/C13H22N4/c1-11-3-6-17(7-4-11)8-5-14-13-15-9-12(2)10-16-13/h9-11H,3-8H2,1-2H3,(H,14,15,16). The quantitative estimate of drug-likeness (QED) is 0.864. The highest BCUT2D eigenvalue weighted by Gasteiger charge is 2.14. The van der Waals surface area contributed by atoms with Gasteiger partial charge in [0.25, 0.3) is 0 Å². The van der Waals surface area contributed by atoms with E-state index >= 15 is 0 Å². The highest BCUT2D eigenvalue weighted by molar-refractivity contribution is 5.23. The van der Waals surface area contributed by atoms with Crippen molar-refractivity contribution in [2.75, 3.05) is 31.5 Å². The minimum absolute atomic E-state index is 0.737. The van der Waals surface area contributed by atoms with Gasteiger partial charge < -0.3 is 10.2 Å². The third kappa shape index (κ3) is 3.97. The number of nitrogens with zero attached hydrogens (tertiary/aromatic N) is 3. The lowest BCUT2D eigenvalue weighted by Gasteiger charge is -2.30. The molecule has 0 unspecified atom stereocenters. The van der Waals surface area contributed by atoms with E-state index in [4.69, 9.17) is 0 Å². The lowest BCUT2D eigenvalue weighted by atomic mass is 9.99. The zero-order valence-corrected chi connectivity index (χ0v) is 10.8. The molecule has 2 rings (SSSR count). The second-order valence-electron chi connectivity index (χ2n) is 5.03. The number of hydrogen-bond donors (Lipinski definition) is 1. The second-order valence-corrected chi connectivity index (χ2v) is 5.03. The molecule has 0 atom stereocenters. The van der Waals surface area contributed by atoms with Gasteiger partial charge in [-0.2, -0.15) is 0 Å². The van der Waals surface area contributed by atoms with E-state index in [9.17, 15) is 0 Å². The van der Waals surface area contributed by atoms with Crippen LogP contribution in [-0.2, 0) is 0 Å². The first-order chi connectivity index (χ1) is 8.24.